The first-order valence-corrected chi connectivity index (χ1v) is 10.6. The standard InChI is InChI=1S/C25H33N3O4/c1-16-10-9-11-17(2)19(16)15-21(28-24(31)32-25(3,4)5)23(30)27-20(22(26)29)14-18-12-7-6-8-13-18/h6-13,20-21H,14-15H2,1-5H3,(H2,26,29)(H,27,30)(H,28,31)/t20-,21-/m0/s1. The van der Waals surface area contributed by atoms with Gasteiger partial charge in [-0.15, -0.1) is 0 Å². The third kappa shape index (κ3) is 7.72. The number of alkyl carbamates (subject to hydrolysis) is 1. The van der Waals surface area contributed by atoms with Crippen molar-refractivity contribution in [3.05, 3.63) is 70.8 Å². The Morgan fingerprint density at radius 1 is 0.875 bits per heavy atom. The molecule has 0 aliphatic carbocycles. The van der Waals surface area contributed by atoms with Gasteiger partial charge in [-0.1, -0.05) is 48.5 Å². The molecule has 0 aromatic heterocycles. The third-order valence-corrected chi connectivity index (χ3v) is 5.00. The summed E-state index contributed by atoms with van der Waals surface area (Å²) in [5.41, 5.74) is 8.66. The van der Waals surface area contributed by atoms with Gasteiger partial charge in [-0.3, -0.25) is 9.59 Å². The van der Waals surface area contributed by atoms with E-state index in [4.69, 9.17) is 10.5 Å². The minimum Gasteiger partial charge on any atom is -0.444 e. The Labute approximate surface area is 189 Å². The monoisotopic (exact) mass is 439 g/mol. The summed E-state index contributed by atoms with van der Waals surface area (Å²) in [6, 6.07) is 13.3. The van der Waals surface area contributed by atoms with Crippen LogP contribution >= 0.6 is 0 Å². The van der Waals surface area contributed by atoms with Gasteiger partial charge in [0.25, 0.3) is 0 Å². The van der Waals surface area contributed by atoms with E-state index in [9.17, 15) is 14.4 Å². The van der Waals surface area contributed by atoms with E-state index in [-0.39, 0.29) is 12.8 Å². The summed E-state index contributed by atoms with van der Waals surface area (Å²) in [6.45, 7) is 9.14. The SMILES string of the molecule is Cc1cccc(C)c1C[C@H](NC(=O)OC(C)(C)C)C(=O)N[C@@H](Cc1ccccc1)C(N)=O. The summed E-state index contributed by atoms with van der Waals surface area (Å²) in [7, 11) is 0. The van der Waals surface area contributed by atoms with Crippen molar-refractivity contribution in [3.8, 4) is 0 Å². The number of nitrogens with one attached hydrogen (secondary N) is 2. The number of carbonyl (C=O) groups is 3. The molecule has 32 heavy (non-hydrogen) atoms. The Balaban J connectivity index is 2.24. The van der Waals surface area contributed by atoms with Crippen molar-refractivity contribution in [1.29, 1.82) is 0 Å². The summed E-state index contributed by atoms with van der Waals surface area (Å²) in [4.78, 5) is 37.7. The highest BCUT2D eigenvalue weighted by molar-refractivity contribution is 5.91. The van der Waals surface area contributed by atoms with Crippen LogP contribution in [-0.2, 0) is 27.2 Å². The van der Waals surface area contributed by atoms with Gasteiger partial charge < -0.3 is 21.1 Å². The Kier molecular flexibility index (Phi) is 8.41. The maximum absolute atomic E-state index is 13.2. The number of nitrogens with two attached hydrogens (primary N) is 1. The number of hydrogen-bond donors (Lipinski definition) is 3. The minimum absolute atomic E-state index is 0.250. The molecule has 0 unspecified atom stereocenters. The summed E-state index contributed by atoms with van der Waals surface area (Å²) in [5, 5.41) is 5.37. The molecule has 2 aromatic rings. The van der Waals surface area contributed by atoms with Gasteiger partial charge in [-0.25, -0.2) is 4.79 Å². The molecule has 0 bridgehead atoms. The predicted molar refractivity (Wildman–Crippen MR) is 124 cm³/mol. The van der Waals surface area contributed by atoms with Crippen LogP contribution < -0.4 is 16.4 Å². The predicted octanol–water partition coefficient (Wildman–Crippen LogP) is 2.95. The maximum atomic E-state index is 13.2. The fraction of sp³-hybridized carbons (Fsp3) is 0.400. The van der Waals surface area contributed by atoms with Crippen molar-refractivity contribution >= 4 is 17.9 Å². The highest BCUT2D eigenvalue weighted by atomic mass is 16.6. The number of aryl methyl sites for hydroxylation is 2. The lowest BCUT2D eigenvalue weighted by atomic mass is 9.95. The van der Waals surface area contributed by atoms with Gasteiger partial charge in [0.15, 0.2) is 0 Å². The number of primary amides is 1. The number of carbonyl (C=O) groups excluding carboxylic acids is 3. The highest BCUT2D eigenvalue weighted by Crippen LogP contribution is 2.16. The Morgan fingerprint density at radius 2 is 1.47 bits per heavy atom. The lowest BCUT2D eigenvalue weighted by Gasteiger charge is -2.25. The molecule has 0 saturated carbocycles. The molecule has 7 heteroatoms. The van der Waals surface area contributed by atoms with Gasteiger partial charge in [0, 0.05) is 12.8 Å². The van der Waals surface area contributed by atoms with Crippen LogP contribution in [0.1, 0.15) is 43.0 Å². The molecule has 0 aliphatic heterocycles. The first-order valence-electron chi connectivity index (χ1n) is 10.6. The Bertz CT molecular complexity index is 931. The molecule has 0 spiro atoms. The first kappa shape index (κ1) is 24.9. The lowest BCUT2D eigenvalue weighted by molar-refractivity contribution is -0.128. The fourth-order valence-corrected chi connectivity index (χ4v) is 3.38. The third-order valence-electron chi connectivity index (χ3n) is 5.00. The van der Waals surface area contributed by atoms with Crippen LogP contribution in [0.3, 0.4) is 0 Å². The fourth-order valence-electron chi connectivity index (χ4n) is 3.38. The van der Waals surface area contributed by atoms with E-state index in [0.29, 0.717) is 0 Å². The summed E-state index contributed by atoms with van der Waals surface area (Å²) in [5.74, 6) is -1.15. The molecular formula is C25H33N3O4. The first-order chi connectivity index (χ1) is 15.0. The number of amides is 3. The Morgan fingerprint density at radius 3 is 2.00 bits per heavy atom. The van der Waals surface area contributed by atoms with Gasteiger partial charge in [0.1, 0.15) is 17.7 Å². The zero-order valence-electron chi connectivity index (χ0n) is 19.4. The summed E-state index contributed by atoms with van der Waals surface area (Å²) < 4.78 is 5.34. The molecule has 0 aliphatic rings. The summed E-state index contributed by atoms with van der Waals surface area (Å²) >= 11 is 0. The van der Waals surface area contributed by atoms with Gasteiger partial charge in [0.05, 0.1) is 0 Å². The molecule has 0 saturated heterocycles. The van der Waals surface area contributed by atoms with Crippen LogP contribution in [0.4, 0.5) is 4.79 Å². The second-order valence-electron chi connectivity index (χ2n) is 8.93. The van der Waals surface area contributed by atoms with Crippen LogP contribution in [0, 0.1) is 13.8 Å². The van der Waals surface area contributed by atoms with Crippen LogP contribution in [0.2, 0.25) is 0 Å². The second kappa shape index (κ2) is 10.8. The van der Waals surface area contributed by atoms with E-state index in [0.717, 1.165) is 22.3 Å². The van der Waals surface area contributed by atoms with Crippen LogP contribution in [-0.4, -0.2) is 35.6 Å². The molecule has 2 rings (SSSR count). The van der Waals surface area contributed by atoms with Crippen molar-refractivity contribution in [2.45, 2.75) is 65.1 Å². The molecule has 2 aromatic carbocycles. The average molecular weight is 440 g/mol. The van der Waals surface area contributed by atoms with Crippen molar-refractivity contribution < 1.29 is 19.1 Å². The molecule has 172 valence electrons. The minimum atomic E-state index is -0.942. The van der Waals surface area contributed by atoms with Gasteiger partial charge in [0.2, 0.25) is 11.8 Å². The smallest absolute Gasteiger partial charge is 0.408 e. The second-order valence-corrected chi connectivity index (χ2v) is 8.93. The van der Waals surface area contributed by atoms with Crippen molar-refractivity contribution in [2.24, 2.45) is 5.73 Å². The number of rotatable bonds is 8. The number of hydrogen-bond acceptors (Lipinski definition) is 4. The topological polar surface area (TPSA) is 111 Å². The van der Waals surface area contributed by atoms with Crippen LogP contribution in [0.5, 0.6) is 0 Å². The van der Waals surface area contributed by atoms with E-state index < -0.39 is 35.6 Å². The average Bonchev–Trinajstić information content (AvgIpc) is 2.68. The van der Waals surface area contributed by atoms with E-state index in [1.165, 1.54) is 0 Å². The van der Waals surface area contributed by atoms with Gasteiger partial charge >= 0.3 is 6.09 Å². The number of benzene rings is 2. The lowest BCUT2D eigenvalue weighted by Crippen LogP contribution is -2.55. The number of ether oxygens (including phenoxy) is 1. The quantitative estimate of drug-likeness (QED) is 0.587. The van der Waals surface area contributed by atoms with Crippen molar-refractivity contribution in [1.82, 2.24) is 10.6 Å². The van der Waals surface area contributed by atoms with E-state index >= 15 is 0 Å². The Hall–Kier alpha value is -3.35. The molecule has 0 heterocycles. The largest absolute Gasteiger partial charge is 0.444 e. The van der Waals surface area contributed by atoms with E-state index in [2.05, 4.69) is 10.6 Å². The van der Waals surface area contributed by atoms with Gasteiger partial charge in [-0.05, 0) is 56.9 Å². The molecule has 2 atom stereocenters. The molecule has 7 nitrogen and oxygen atoms in total. The normalized spacial score (nSPS) is 13.0. The highest BCUT2D eigenvalue weighted by Gasteiger charge is 2.28. The van der Waals surface area contributed by atoms with Crippen LogP contribution in [0.25, 0.3) is 0 Å². The van der Waals surface area contributed by atoms with Gasteiger partial charge in [-0.2, -0.15) is 0 Å². The molecule has 0 fully saturated rings. The maximum Gasteiger partial charge on any atom is 0.408 e. The van der Waals surface area contributed by atoms with Crippen molar-refractivity contribution in [2.75, 3.05) is 0 Å². The molecular weight excluding hydrogens is 406 g/mol. The summed E-state index contributed by atoms with van der Waals surface area (Å²) in [6.07, 6.45) is -0.201. The van der Waals surface area contributed by atoms with Crippen LogP contribution in [0.15, 0.2) is 48.5 Å². The molecule has 4 N–H and O–H groups in total. The van der Waals surface area contributed by atoms with Crippen molar-refractivity contribution in [3.63, 3.8) is 0 Å². The zero-order valence-corrected chi connectivity index (χ0v) is 19.4. The molecule has 0 radical (unpaired) electrons. The zero-order chi connectivity index (χ0) is 23.9. The van der Waals surface area contributed by atoms with E-state index in [1.807, 2.05) is 62.4 Å². The van der Waals surface area contributed by atoms with E-state index in [1.54, 1.807) is 20.8 Å². The molecule has 3 amide bonds.